The second-order valence-electron chi connectivity index (χ2n) is 12.5. The number of fused-ring (bicyclic) bond motifs is 2. The van der Waals surface area contributed by atoms with Gasteiger partial charge in [0.05, 0.1) is 9.52 Å². The monoisotopic (exact) mass is 624 g/mol. The minimum Gasteiger partial charge on any atom is -0.358 e. The van der Waals surface area contributed by atoms with E-state index in [1.165, 1.54) is 60.1 Å². The van der Waals surface area contributed by atoms with E-state index in [4.69, 9.17) is 0 Å². The minimum absolute atomic E-state index is 0. The average molecular weight is 625 g/mol. The van der Waals surface area contributed by atoms with Crippen molar-refractivity contribution in [2.75, 3.05) is 0 Å². The molecular formula is C41H56SiTi. The zero-order valence-corrected chi connectivity index (χ0v) is 31.9. The molecule has 43 heavy (non-hydrogen) atoms. The molecule has 0 bridgehead atoms. The van der Waals surface area contributed by atoms with E-state index in [-0.39, 0.29) is 36.6 Å². The third-order valence-electron chi connectivity index (χ3n) is 7.68. The molecule has 228 valence electrons. The largest absolute Gasteiger partial charge is 4.00 e. The zero-order valence-electron chi connectivity index (χ0n) is 29.3. The van der Waals surface area contributed by atoms with Crippen molar-refractivity contribution in [3.63, 3.8) is 0 Å². The predicted molar refractivity (Wildman–Crippen MR) is 195 cm³/mol. The first kappa shape index (κ1) is 40.8. The topological polar surface area (TPSA) is 0 Å². The maximum atomic E-state index is 2.39. The molecule has 5 aromatic rings. The van der Waals surface area contributed by atoms with Gasteiger partial charge in [-0.25, -0.2) is 0 Å². The molecular weight excluding hydrogens is 568 g/mol. The summed E-state index contributed by atoms with van der Waals surface area (Å²) in [4.78, 5) is 0. The Morgan fingerprint density at radius 3 is 1.19 bits per heavy atom. The van der Waals surface area contributed by atoms with E-state index in [9.17, 15) is 0 Å². The predicted octanol–water partition coefficient (Wildman–Crippen LogP) is 12.2. The van der Waals surface area contributed by atoms with Crippen molar-refractivity contribution in [2.45, 2.75) is 99.5 Å². The number of aryl methyl sites for hydroxylation is 2. The van der Waals surface area contributed by atoms with Crippen molar-refractivity contribution in [1.29, 1.82) is 0 Å². The van der Waals surface area contributed by atoms with Gasteiger partial charge < -0.3 is 14.9 Å². The van der Waals surface area contributed by atoms with E-state index in [0.717, 1.165) is 9.52 Å². The van der Waals surface area contributed by atoms with Gasteiger partial charge in [0.15, 0.2) is 0 Å². The Hall–Kier alpha value is -2.19. The molecule has 0 nitrogen and oxygen atoms in total. The molecule has 2 radical (unpaired) electrons. The van der Waals surface area contributed by atoms with Crippen LogP contribution in [0.4, 0.5) is 0 Å². The number of rotatable bonds is 5. The fourth-order valence-electron chi connectivity index (χ4n) is 5.27. The van der Waals surface area contributed by atoms with Crippen LogP contribution in [0.3, 0.4) is 0 Å². The number of hydrogen-bond acceptors (Lipinski definition) is 0. The third kappa shape index (κ3) is 11.0. The quantitative estimate of drug-likeness (QED) is 0.135. The summed E-state index contributed by atoms with van der Waals surface area (Å²) in [7, 11) is 0.930. The molecule has 0 aliphatic carbocycles. The Balaban J connectivity index is 0.000000625. The minimum atomic E-state index is 0. The van der Waals surface area contributed by atoms with E-state index < -0.39 is 0 Å². The van der Waals surface area contributed by atoms with Crippen LogP contribution < -0.4 is 5.19 Å². The van der Waals surface area contributed by atoms with Gasteiger partial charge in [-0.15, -0.1) is 56.9 Å². The van der Waals surface area contributed by atoms with Gasteiger partial charge in [0.25, 0.3) is 0 Å². The van der Waals surface area contributed by atoms with Crippen molar-refractivity contribution in [2.24, 2.45) is 0 Å². The van der Waals surface area contributed by atoms with Crippen LogP contribution >= 0.6 is 0 Å². The molecule has 0 atom stereocenters. The van der Waals surface area contributed by atoms with Gasteiger partial charge in [-0.3, -0.25) is 0 Å². The van der Waals surface area contributed by atoms with Crippen LogP contribution in [0.5, 0.6) is 0 Å². The van der Waals surface area contributed by atoms with Crippen LogP contribution in [0.2, 0.25) is 6.55 Å². The van der Waals surface area contributed by atoms with E-state index in [2.05, 4.69) is 149 Å². The smallest absolute Gasteiger partial charge is 0.358 e. The Labute approximate surface area is 283 Å². The molecule has 0 N–H and O–H groups in total. The molecule has 0 fully saturated rings. The van der Waals surface area contributed by atoms with Crippen LogP contribution in [-0.2, 0) is 21.7 Å². The molecule has 0 spiro atoms. The SMILES string of the molecule is C[Si]c1ccccc1.Cc1cc2c(C(C)C)cc(C(C)C)cc2[cH-]1.Cc1cc2c(C(C)C)cc(C(C)C)cc2[cH-]1.[CH3-].[CH3-].[Ti+4]. The molecule has 0 aromatic heterocycles. The van der Waals surface area contributed by atoms with Gasteiger partial charge in [0, 0.05) is 0 Å². The standard InChI is InChI=1S/2C16H21.C7H8Si.2CH3.Ti/c2*1-10(2)13-8-14-6-12(5)7-16(14)15(9-13)11(3)4;1-8-7-5-3-2-4-6-7;;;/h2*6-11H,1-5H3;2-6H,1H3;2*1H3;/q2*-1;;2*-1;+4. The van der Waals surface area contributed by atoms with Gasteiger partial charge in [0.1, 0.15) is 0 Å². The van der Waals surface area contributed by atoms with Crippen molar-refractivity contribution in [3.05, 3.63) is 127 Å². The first-order valence-electron chi connectivity index (χ1n) is 15.1. The fourth-order valence-corrected chi connectivity index (χ4v) is 5.80. The van der Waals surface area contributed by atoms with E-state index in [0.29, 0.717) is 23.7 Å². The molecule has 5 aromatic carbocycles. The first-order valence-corrected chi connectivity index (χ1v) is 16.6. The summed E-state index contributed by atoms with van der Waals surface area (Å²) in [5.41, 5.74) is 8.66. The van der Waals surface area contributed by atoms with Gasteiger partial charge in [-0.1, -0.05) is 146 Å². The van der Waals surface area contributed by atoms with E-state index in [1.807, 2.05) is 6.07 Å². The normalized spacial score (nSPS) is 10.6. The van der Waals surface area contributed by atoms with Crippen LogP contribution in [-0.4, -0.2) is 9.52 Å². The Morgan fingerprint density at radius 1 is 0.535 bits per heavy atom. The molecule has 5 rings (SSSR count). The van der Waals surface area contributed by atoms with Crippen molar-refractivity contribution in [1.82, 2.24) is 0 Å². The second kappa shape index (κ2) is 18.6. The zero-order chi connectivity index (χ0) is 29.6. The summed E-state index contributed by atoms with van der Waals surface area (Å²) in [5.74, 6) is 2.42. The van der Waals surface area contributed by atoms with Crippen LogP contribution in [0.1, 0.15) is 112 Å². The molecule has 0 heterocycles. The van der Waals surface area contributed by atoms with Gasteiger partial charge in [-0.05, 0) is 23.7 Å². The number of benzene rings is 3. The summed E-state index contributed by atoms with van der Waals surface area (Å²) < 4.78 is 0. The van der Waals surface area contributed by atoms with E-state index in [1.54, 1.807) is 0 Å². The fraction of sp³-hybridized carbons (Fsp3) is 0.366. The number of hydrogen-bond donors (Lipinski definition) is 0. The van der Waals surface area contributed by atoms with Crippen molar-refractivity contribution >= 4 is 36.3 Å². The maximum Gasteiger partial charge on any atom is 4.00 e. The summed E-state index contributed by atoms with van der Waals surface area (Å²) in [5, 5.41) is 7.14. The Morgan fingerprint density at radius 2 is 0.907 bits per heavy atom. The molecule has 0 saturated heterocycles. The Kier molecular flexibility index (Phi) is 17.6. The molecule has 2 heteroatoms. The van der Waals surface area contributed by atoms with Gasteiger partial charge >= 0.3 is 21.7 Å². The third-order valence-corrected chi connectivity index (χ3v) is 8.59. The summed E-state index contributed by atoms with van der Waals surface area (Å²) in [6, 6.07) is 29.2. The molecule has 0 unspecified atom stereocenters. The maximum absolute atomic E-state index is 2.39. The average Bonchev–Trinajstić information content (AvgIpc) is 3.48. The molecule has 0 aliphatic heterocycles. The van der Waals surface area contributed by atoms with Crippen LogP contribution in [0, 0.1) is 28.7 Å². The summed E-state index contributed by atoms with van der Waals surface area (Å²) in [6.45, 7) is 24.7. The van der Waals surface area contributed by atoms with E-state index >= 15 is 0 Å². The second-order valence-corrected chi connectivity index (χ2v) is 13.6. The first-order chi connectivity index (χ1) is 18.9. The molecule has 0 amide bonds. The van der Waals surface area contributed by atoms with Crippen molar-refractivity contribution in [3.8, 4) is 0 Å². The summed E-state index contributed by atoms with van der Waals surface area (Å²) >= 11 is 0. The molecule has 0 aliphatic rings. The van der Waals surface area contributed by atoms with Crippen molar-refractivity contribution < 1.29 is 21.7 Å². The molecule has 0 saturated carbocycles. The van der Waals surface area contributed by atoms with Crippen LogP contribution in [0.15, 0.2) is 78.9 Å². The summed E-state index contributed by atoms with van der Waals surface area (Å²) in [6.07, 6.45) is 0. The Bertz CT molecular complexity index is 1400. The van der Waals surface area contributed by atoms with Crippen LogP contribution in [0.25, 0.3) is 21.5 Å². The van der Waals surface area contributed by atoms with Gasteiger partial charge in [0.2, 0.25) is 0 Å². The van der Waals surface area contributed by atoms with Gasteiger partial charge in [-0.2, -0.15) is 12.1 Å².